The summed E-state index contributed by atoms with van der Waals surface area (Å²) < 4.78 is 22.3. The molecule has 1 fully saturated rings. The number of hydrogen-bond donors (Lipinski definition) is 1. The predicted octanol–water partition coefficient (Wildman–Crippen LogP) is -1.22. The first-order valence-electron chi connectivity index (χ1n) is 5.07. The van der Waals surface area contributed by atoms with Crippen molar-refractivity contribution in [3.8, 4) is 0 Å². The maximum Gasteiger partial charge on any atom is 0.305 e. The Morgan fingerprint density at radius 3 is 2.42 bits per heavy atom. The molecule has 0 saturated carbocycles. The van der Waals surface area contributed by atoms with E-state index < -0.39 is 26.1 Å². The van der Waals surface area contributed by atoms with Crippen LogP contribution in [0.25, 0.3) is 0 Å². The summed E-state index contributed by atoms with van der Waals surface area (Å²) in [5, 5.41) is 14.4. The number of primary sulfonamides is 1. The minimum Gasteiger partial charge on any atom is -0.279 e. The molecule has 1 unspecified atom stereocenters. The molecular formula is C8H9N5O5S. The minimum absolute atomic E-state index is 0.0817. The van der Waals surface area contributed by atoms with Crippen molar-refractivity contribution in [2.75, 3.05) is 11.4 Å². The van der Waals surface area contributed by atoms with Gasteiger partial charge in [0.15, 0.2) is 0 Å². The largest absolute Gasteiger partial charge is 0.305 e. The first-order chi connectivity index (χ1) is 8.79. The average Bonchev–Trinajstić information content (AvgIpc) is 2.71. The van der Waals surface area contributed by atoms with Crippen LogP contribution in [0, 0.1) is 10.1 Å². The topological polar surface area (TPSA) is 149 Å². The molecule has 0 bridgehead atoms. The molecule has 1 aliphatic rings. The second-order valence-corrected chi connectivity index (χ2v) is 5.76. The standard InChI is InChI=1S/C8H9N5O5S/c9-19(17,18)6-1-7(14)12(4-6)8-10-2-5(3-11-8)13(15)16/h2-3,6H,1,4H2,(H2,9,17,18). The molecular weight excluding hydrogens is 278 g/mol. The molecule has 0 aliphatic carbocycles. The van der Waals surface area contributed by atoms with E-state index in [4.69, 9.17) is 5.14 Å². The number of nitrogens with zero attached hydrogens (tertiary/aromatic N) is 4. The Labute approximate surface area is 107 Å². The van der Waals surface area contributed by atoms with E-state index in [0.717, 1.165) is 17.3 Å². The highest BCUT2D eigenvalue weighted by Crippen LogP contribution is 2.21. The molecule has 0 spiro atoms. The van der Waals surface area contributed by atoms with E-state index in [1.807, 2.05) is 0 Å². The fraction of sp³-hybridized carbons (Fsp3) is 0.375. The zero-order valence-electron chi connectivity index (χ0n) is 9.46. The zero-order valence-corrected chi connectivity index (χ0v) is 10.3. The molecule has 2 rings (SSSR count). The van der Waals surface area contributed by atoms with Gasteiger partial charge in [-0.1, -0.05) is 0 Å². The fourth-order valence-corrected chi connectivity index (χ4v) is 2.37. The van der Waals surface area contributed by atoms with Gasteiger partial charge >= 0.3 is 5.69 Å². The van der Waals surface area contributed by atoms with Crippen LogP contribution in [-0.4, -0.2) is 41.0 Å². The highest BCUT2D eigenvalue weighted by molar-refractivity contribution is 7.89. The molecule has 0 aromatic carbocycles. The van der Waals surface area contributed by atoms with Gasteiger partial charge in [0, 0.05) is 13.0 Å². The van der Waals surface area contributed by atoms with E-state index in [9.17, 15) is 23.3 Å². The van der Waals surface area contributed by atoms with Crippen LogP contribution in [0.15, 0.2) is 12.4 Å². The molecule has 1 saturated heterocycles. The SMILES string of the molecule is NS(=O)(=O)C1CC(=O)N(c2ncc([N+](=O)[O-])cn2)C1. The maximum atomic E-state index is 11.6. The molecule has 19 heavy (non-hydrogen) atoms. The summed E-state index contributed by atoms with van der Waals surface area (Å²) >= 11 is 0. The summed E-state index contributed by atoms with van der Waals surface area (Å²) in [6.45, 7) is -0.157. The number of amides is 1. The lowest BCUT2D eigenvalue weighted by molar-refractivity contribution is -0.385. The Morgan fingerprint density at radius 2 is 2.00 bits per heavy atom. The smallest absolute Gasteiger partial charge is 0.279 e. The molecule has 1 atom stereocenters. The number of aromatic nitrogens is 2. The monoisotopic (exact) mass is 287 g/mol. The Hall–Kier alpha value is -2.14. The lowest BCUT2D eigenvalue weighted by Crippen LogP contribution is -2.32. The van der Waals surface area contributed by atoms with Gasteiger partial charge in [-0.15, -0.1) is 0 Å². The number of rotatable bonds is 3. The van der Waals surface area contributed by atoms with Crippen molar-refractivity contribution in [3.05, 3.63) is 22.5 Å². The quantitative estimate of drug-likeness (QED) is 0.540. The molecule has 102 valence electrons. The van der Waals surface area contributed by atoms with Crippen molar-refractivity contribution in [3.63, 3.8) is 0 Å². The van der Waals surface area contributed by atoms with E-state index in [1.54, 1.807) is 0 Å². The number of anilines is 1. The molecule has 11 heteroatoms. The van der Waals surface area contributed by atoms with Gasteiger partial charge in [0.25, 0.3) is 0 Å². The summed E-state index contributed by atoms with van der Waals surface area (Å²) in [7, 11) is -3.82. The van der Waals surface area contributed by atoms with Gasteiger partial charge in [0.2, 0.25) is 21.9 Å². The van der Waals surface area contributed by atoms with Crippen molar-refractivity contribution < 1.29 is 18.1 Å². The number of carbonyl (C=O) groups excluding carboxylic acids is 1. The molecule has 2 N–H and O–H groups in total. The van der Waals surface area contributed by atoms with Crippen molar-refractivity contribution in [2.24, 2.45) is 5.14 Å². The highest BCUT2D eigenvalue weighted by atomic mass is 32.2. The van der Waals surface area contributed by atoms with Crippen LogP contribution in [0.1, 0.15) is 6.42 Å². The van der Waals surface area contributed by atoms with E-state index in [2.05, 4.69) is 9.97 Å². The highest BCUT2D eigenvalue weighted by Gasteiger charge is 2.38. The third kappa shape index (κ3) is 2.66. The maximum absolute atomic E-state index is 11.6. The van der Waals surface area contributed by atoms with Gasteiger partial charge in [-0.2, -0.15) is 0 Å². The Balaban J connectivity index is 2.23. The molecule has 1 aromatic heterocycles. The summed E-state index contributed by atoms with van der Waals surface area (Å²) in [6.07, 6.45) is 1.64. The first-order valence-corrected chi connectivity index (χ1v) is 6.68. The van der Waals surface area contributed by atoms with E-state index in [-0.39, 0.29) is 24.6 Å². The minimum atomic E-state index is -3.82. The second-order valence-electron chi connectivity index (χ2n) is 3.92. The van der Waals surface area contributed by atoms with Gasteiger partial charge in [-0.05, 0) is 0 Å². The van der Waals surface area contributed by atoms with Crippen molar-refractivity contribution in [1.29, 1.82) is 0 Å². The second kappa shape index (κ2) is 4.51. The van der Waals surface area contributed by atoms with Gasteiger partial charge in [-0.3, -0.25) is 19.8 Å². The van der Waals surface area contributed by atoms with Gasteiger partial charge < -0.3 is 0 Å². The Bertz CT molecular complexity index is 627. The summed E-state index contributed by atoms with van der Waals surface area (Å²) in [5.74, 6) is -0.574. The zero-order chi connectivity index (χ0) is 14.2. The normalized spacial score (nSPS) is 19.7. The van der Waals surface area contributed by atoms with E-state index in [0.29, 0.717) is 0 Å². The summed E-state index contributed by atoms with van der Waals surface area (Å²) in [6, 6.07) is 0. The molecule has 1 aromatic rings. The summed E-state index contributed by atoms with van der Waals surface area (Å²) in [5.41, 5.74) is -0.321. The number of nitro groups is 1. The van der Waals surface area contributed by atoms with Crippen LogP contribution >= 0.6 is 0 Å². The van der Waals surface area contributed by atoms with Crippen molar-refractivity contribution in [1.82, 2.24) is 9.97 Å². The van der Waals surface area contributed by atoms with Crippen molar-refractivity contribution in [2.45, 2.75) is 11.7 Å². The molecule has 1 aliphatic heterocycles. The predicted molar refractivity (Wildman–Crippen MR) is 62.6 cm³/mol. The average molecular weight is 287 g/mol. The van der Waals surface area contributed by atoms with E-state index >= 15 is 0 Å². The van der Waals surface area contributed by atoms with Crippen LogP contribution in [0.4, 0.5) is 11.6 Å². The molecule has 0 radical (unpaired) electrons. The summed E-state index contributed by atoms with van der Waals surface area (Å²) in [4.78, 5) is 29.8. The third-order valence-electron chi connectivity index (χ3n) is 2.63. The van der Waals surface area contributed by atoms with Crippen LogP contribution in [0.2, 0.25) is 0 Å². The number of carbonyl (C=O) groups is 1. The van der Waals surface area contributed by atoms with Gasteiger partial charge in [0.1, 0.15) is 17.6 Å². The first kappa shape index (κ1) is 13.3. The van der Waals surface area contributed by atoms with Gasteiger partial charge in [0.05, 0.1) is 4.92 Å². The number of nitrogens with two attached hydrogens (primary N) is 1. The van der Waals surface area contributed by atoms with Crippen LogP contribution < -0.4 is 10.0 Å². The fourth-order valence-electron chi connectivity index (χ4n) is 1.64. The third-order valence-corrected chi connectivity index (χ3v) is 3.88. The number of sulfonamides is 1. The van der Waals surface area contributed by atoms with Crippen LogP contribution in [0.3, 0.4) is 0 Å². The number of hydrogen-bond acceptors (Lipinski definition) is 7. The van der Waals surface area contributed by atoms with Gasteiger partial charge in [-0.25, -0.2) is 23.5 Å². The Morgan fingerprint density at radius 1 is 1.42 bits per heavy atom. The van der Waals surface area contributed by atoms with Crippen molar-refractivity contribution >= 4 is 27.6 Å². The molecule has 10 nitrogen and oxygen atoms in total. The lowest BCUT2D eigenvalue weighted by atomic mass is 10.4. The lowest BCUT2D eigenvalue weighted by Gasteiger charge is -2.12. The molecule has 1 amide bonds. The van der Waals surface area contributed by atoms with E-state index in [1.165, 1.54) is 0 Å². The van der Waals surface area contributed by atoms with Crippen LogP contribution in [-0.2, 0) is 14.8 Å². The van der Waals surface area contributed by atoms with Crippen LogP contribution in [0.5, 0.6) is 0 Å². The Kier molecular flexibility index (Phi) is 3.16. The molecule has 2 heterocycles.